The second kappa shape index (κ2) is 36.9. The minimum atomic E-state index is -3.58. The second-order valence-corrected chi connectivity index (χ2v) is 47.7. The molecule has 3 aromatic carbocycles. The van der Waals surface area contributed by atoms with Gasteiger partial charge in [-0.15, -0.1) is 11.6 Å². The second-order valence-electron chi connectivity index (χ2n) is 45.4. The third kappa shape index (κ3) is 17.6. The maximum Gasteiger partial charge on any atom is 0.374 e. The molecule has 3 aromatic rings. The van der Waals surface area contributed by atoms with Gasteiger partial charge in [-0.05, 0) is 252 Å². The van der Waals surface area contributed by atoms with E-state index in [9.17, 15) is 95.7 Å². The summed E-state index contributed by atoms with van der Waals surface area (Å²) in [5.41, 5.74) is -2.24. The number of aliphatic hydroxyl groups excluding tert-OH is 1. The van der Waals surface area contributed by atoms with E-state index in [0.29, 0.717) is 105 Å². The lowest BCUT2D eigenvalue weighted by Crippen LogP contribution is -2.56. The molecule has 34 heteroatoms. The summed E-state index contributed by atoms with van der Waals surface area (Å²) in [6.45, 7) is -0.879. The molecule has 4 heterocycles. The fraction of sp³-hybridized carbons (Fsp3) is 0.676. The molecule has 4 aliphatic heterocycles. The van der Waals surface area contributed by atoms with Crippen molar-refractivity contribution in [1.29, 1.82) is 0 Å². The fourth-order valence-electron chi connectivity index (χ4n) is 32.2. The van der Waals surface area contributed by atoms with Crippen molar-refractivity contribution in [2.75, 3.05) is 25.7 Å². The van der Waals surface area contributed by atoms with E-state index in [-0.39, 0.29) is 214 Å². The zero-order valence-electron chi connectivity index (χ0n) is 77.2. The Morgan fingerprint density at radius 1 is 0.360 bits per heavy atom. The van der Waals surface area contributed by atoms with Gasteiger partial charge >= 0.3 is 83.5 Å². The molecule has 28 aliphatic rings. The van der Waals surface area contributed by atoms with Crippen molar-refractivity contribution in [3.05, 3.63) is 91.0 Å². The summed E-state index contributed by atoms with van der Waals surface area (Å²) in [5.74, 6) is -5.31. The number of carbonyl (C=O) groups excluding carboxylic acids is 14. The Balaban J connectivity index is 0.0000000996. The average Bonchev–Trinajstić information content (AvgIpc) is 1.71. The van der Waals surface area contributed by atoms with Gasteiger partial charge < -0.3 is 67.4 Å². The zero-order chi connectivity index (χ0) is 97.1. The van der Waals surface area contributed by atoms with E-state index < -0.39 is 94.9 Å². The first kappa shape index (κ1) is 95.4. The molecule has 30 nitrogen and oxygen atoms in total. The van der Waals surface area contributed by atoms with Crippen LogP contribution in [0.25, 0.3) is 0 Å². The Hall–Kier alpha value is -9.76. The van der Waals surface area contributed by atoms with Gasteiger partial charge in [0.15, 0.2) is 34.5 Å². The molecule has 24 saturated carbocycles. The quantitative estimate of drug-likeness (QED) is 0.0434. The van der Waals surface area contributed by atoms with Crippen LogP contribution >= 0.6 is 11.6 Å². The van der Waals surface area contributed by atoms with Crippen molar-refractivity contribution in [2.24, 2.45) is 164 Å². The van der Waals surface area contributed by atoms with Crippen molar-refractivity contribution >= 4 is 117 Å². The Bertz CT molecular complexity index is 5140. The smallest absolute Gasteiger partial charge is 0.374 e. The molecule has 28 atom stereocenters. The number of benzene rings is 3. The van der Waals surface area contributed by atoms with Crippen LogP contribution in [0.1, 0.15) is 187 Å². The molecule has 139 heavy (non-hydrogen) atoms. The highest BCUT2D eigenvalue weighted by molar-refractivity contribution is 7.97. The minimum Gasteiger partial charge on any atom is -0.481 e. The Morgan fingerprint density at radius 3 is 0.878 bits per heavy atom. The molecule has 31 rings (SSSR count). The lowest BCUT2D eigenvalue weighted by molar-refractivity contribution is -0.189. The number of ketones is 3. The molecular weight excluding hydrogens is 1850 g/mol. The Morgan fingerprint density at radius 2 is 0.612 bits per heavy atom. The number of halogens is 3. The van der Waals surface area contributed by atoms with Gasteiger partial charge in [0.2, 0.25) is 0 Å². The topological polar surface area (TPSA) is 435 Å². The van der Waals surface area contributed by atoms with E-state index in [2.05, 4.69) is 91.0 Å². The fourth-order valence-corrected chi connectivity index (χ4v) is 34.3. The number of Topliss-reactive ketones (excluding diaryl/α,β-unsaturated/α-hetero) is 3. The number of carboxylic acid groups (broad SMARTS) is 2. The van der Waals surface area contributed by atoms with Crippen molar-refractivity contribution in [3.63, 3.8) is 0 Å². The highest BCUT2D eigenvalue weighted by Crippen LogP contribution is 2.66. The van der Waals surface area contributed by atoms with Gasteiger partial charge in [-0.2, -0.15) is 8.78 Å². The van der Waals surface area contributed by atoms with Crippen LogP contribution in [0.3, 0.4) is 0 Å². The van der Waals surface area contributed by atoms with E-state index in [1.54, 1.807) is 0 Å². The minimum absolute atomic E-state index is 0.00946. The summed E-state index contributed by atoms with van der Waals surface area (Å²) in [6.07, 6.45) is 19.1. The number of carbonyl (C=O) groups is 16. The molecule has 0 spiro atoms. The van der Waals surface area contributed by atoms with Gasteiger partial charge in [0.1, 0.15) is 72.1 Å². The zero-order valence-corrected chi connectivity index (χ0v) is 78.8. The lowest BCUT2D eigenvalue weighted by atomic mass is 9.48. The number of rotatable bonds is 19. The average molecular weight is 1970 g/mol. The van der Waals surface area contributed by atoms with Gasteiger partial charge in [-0.1, -0.05) is 54.6 Å². The van der Waals surface area contributed by atoms with Crippen molar-refractivity contribution in [1.82, 2.24) is 0 Å². The molecule has 0 radical (unpaired) electrons. The summed E-state index contributed by atoms with van der Waals surface area (Å²) < 4.78 is 82.0. The van der Waals surface area contributed by atoms with Gasteiger partial charge in [0.05, 0.1) is 62.3 Å². The Kier molecular flexibility index (Phi) is 25.3. The van der Waals surface area contributed by atoms with Gasteiger partial charge in [-0.3, -0.25) is 57.5 Å². The number of fused-ring (bicyclic) bond motifs is 4. The first-order valence-corrected chi connectivity index (χ1v) is 52.0. The van der Waals surface area contributed by atoms with E-state index in [1.807, 2.05) is 0 Å². The summed E-state index contributed by atoms with van der Waals surface area (Å²) in [4.78, 5) is 194. The van der Waals surface area contributed by atoms with Crippen molar-refractivity contribution < 1.29 is 153 Å². The first-order valence-electron chi connectivity index (χ1n) is 50.2. The van der Waals surface area contributed by atoms with Crippen molar-refractivity contribution in [3.8, 4) is 0 Å². The molecule has 0 aromatic heterocycles. The molecule has 24 bridgehead atoms. The van der Waals surface area contributed by atoms with E-state index in [0.717, 1.165) is 128 Å². The Labute approximate surface area is 808 Å². The maximum atomic E-state index is 12.9. The molecule has 744 valence electrons. The highest BCUT2D eigenvalue weighted by atomic mass is 35.5. The number of hydrogen-bond donors (Lipinski definition) is 3. The number of ether oxygens (including phenoxy) is 11. The number of esters is 11. The predicted molar refractivity (Wildman–Crippen MR) is 474 cm³/mol. The molecular formula is C105H118ClF2O30S+. The van der Waals surface area contributed by atoms with Crippen LogP contribution in [0, 0.1) is 164 Å². The standard InChI is InChI=1S/C21H26O7.2C21H24O7.C18H15S.C11H14O3.C10H11ClO4.C3H4F2O2/c3*22-15(27-17-10-3-13-14(4-10)19(24)28-18(13)17)8-26-20(25)21-5-9-1-11(6-21)16(23)12(2-9)7-21;1-4-10-16(11-5-1)19(17-12-6-2-7-13-17)18-14-8-3-9-15-18;12-9-7-1-6-2-8(9)5-11(3-6,4-7)10(13)14;11-3-7(12)14-8-4-1-5-6(2-4)10(13)15-9(5)8;1-3(4,5)2(6)7/h9-14,16-18,23H,1-8H2;2*9-14,17-18H,1-8H2;1-15H;6-8H,1-5H2,(H,13,14);4-6,8-9H,1-3H2;1H3,(H,6,7)/q;;;+1;;;. The van der Waals surface area contributed by atoms with Gasteiger partial charge in [0.25, 0.3) is 0 Å². The summed E-state index contributed by atoms with van der Waals surface area (Å²) in [6, 6.07) is 32.2. The first-order chi connectivity index (χ1) is 66.5. The largest absolute Gasteiger partial charge is 0.481 e. The number of carboxylic acids is 2. The van der Waals surface area contributed by atoms with Crippen LogP contribution in [-0.4, -0.2) is 197 Å². The van der Waals surface area contributed by atoms with Crippen LogP contribution in [0.2, 0.25) is 0 Å². The highest BCUT2D eigenvalue weighted by Gasteiger charge is 2.70. The van der Waals surface area contributed by atoms with Gasteiger partial charge in [-0.25, -0.2) is 19.2 Å². The molecule has 4 saturated heterocycles. The van der Waals surface area contributed by atoms with Crippen LogP contribution in [0.4, 0.5) is 8.78 Å². The third-order valence-electron chi connectivity index (χ3n) is 37.1. The molecule has 0 amide bonds. The van der Waals surface area contributed by atoms with E-state index in [4.69, 9.17) is 68.8 Å². The number of hydrogen-bond acceptors (Lipinski definition) is 28. The summed E-state index contributed by atoms with van der Waals surface area (Å²) in [5, 5.41) is 27.1. The molecule has 28 fully saturated rings. The predicted octanol–water partition coefficient (Wildman–Crippen LogP) is 11.7. The summed E-state index contributed by atoms with van der Waals surface area (Å²) in [7, 11) is -0.0146. The maximum absolute atomic E-state index is 12.9. The molecule has 24 aliphatic carbocycles. The van der Waals surface area contributed by atoms with Gasteiger partial charge in [0, 0.05) is 89.8 Å². The lowest BCUT2D eigenvalue weighted by Gasteiger charge is -2.57. The monoisotopic (exact) mass is 1960 g/mol. The number of alkyl halides is 3. The third-order valence-corrected chi connectivity index (χ3v) is 39.5. The number of aliphatic carboxylic acids is 2. The van der Waals surface area contributed by atoms with E-state index in [1.165, 1.54) is 14.7 Å². The van der Waals surface area contributed by atoms with Crippen LogP contribution < -0.4 is 0 Å². The summed E-state index contributed by atoms with van der Waals surface area (Å²) >= 11 is 5.38. The van der Waals surface area contributed by atoms with Crippen LogP contribution in [0.5, 0.6) is 0 Å². The van der Waals surface area contributed by atoms with Crippen LogP contribution in [-0.2, 0) is 140 Å². The SMILES string of the molecule is CC(F)(F)C(=O)O.O=C(CCl)OC1C2CC3C(=O)OC1C3C2.O=C(COC(=O)C12CC3CC(C1)C(=O)C(C3)C2)OC1C2CC3C(=O)OC1C3C2.O=C(COC(=O)C12CC3CC(C1)C(=O)C(C3)C2)OC1C2CC3C(=O)OC1C3C2.O=C(COC(=O)C12CC3CC(C1)C(O)C(C3)C2)OC1C2CC3C(=O)OC1C3C2.O=C1C2CC3CC1CC(C(=O)O)(C3)C2.c1ccc([S+](c2ccccc2)c2ccccc2)cc1. The van der Waals surface area contributed by atoms with Crippen LogP contribution in [0.15, 0.2) is 106 Å². The normalized spacial score (nSPS) is 42.3. The molecule has 28 unspecified atom stereocenters. The van der Waals surface area contributed by atoms with Crippen molar-refractivity contribution in [2.45, 2.75) is 262 Å². The number of aliphatic hydroxyl groups is 1. The van der Waals surface area contributed by atoms with E-state index >= 15 is 0 Å². The molecule has 3 N–H and O–H groups in total.